The normalized spacial score (nSPS) is 11.0. The number of nitrogens with zero attached hydrogens (tertiary/aromatic N) is 5. The highest BCUT2D eigenvalue weighted by Gasteiger charge is 2.10. The second-order valence-corrected chi connectivity index (χ2v) is 4.86. The standard InChI is InChI=1S/C16H14N6/c1-17-16-11-14(19-15-7-9-18-22(15)16)13-8-10-21(20-13)12-5-3-2-4-6-12/h2-11,17H,1H3. The second-order valence-electron chi connectivity index (χ2n) is 4.86. The van der Waals surface area contributed by atoms with Crippen molar-refractivity contribution in [1.82, 2.24) is 24.4 Å². The molecule has 3 heterocycles. The van der Waals surface area contributed by atoms with Gasteiger partial charge in [-0.25, -0.2) is 9.67 Å². The lowest BCUT2D eigenvalue weighted by atomic mass is 10.3. The van der Waals surface area contributed by atoms with Gasteiger partial charge in [-0.1, -0.05) is 18.2 Å². The van der Waals surface area contributed by atoms with Gasteiger partial charge >= 0.3 is 0 Å². The van der Waals surface area contributed by atoms with Gasteiger partial charge in [-0.2, -0.15) is 14.7 Å². The van der Waals surface area contributed by atoms with Gasteiger partial charge in [0.25, 0.3) is 0 Å². The average molecular weight is 290 g/mol. The quantitative estimate of drug-likeness (QED) is 0.630. The Bertz CT molecular complexity index is 922. The zero-order chi connectivity index (χ0) is 14.9. The molecular weight excluding hydrogens is 276 g/mol. The van der Waals surface area contributed by atoms with Crippen molar-refractivity contribution in [2.45, 2.75) is 0 Å². The monoisotopic (exact) mass is 290 g/mol. The topological polar surface area (TPSA) is 60.0 Å². The smallest absolute Gasteiger partial charge is 0.158 e. The van der Waals surface area contributed by atoms with E-state index in [0.717, 1.165) is 28.5 Å². The van der Waals surface area contributed by atoms with Crippen molar-refractivity contribution < 1.29 is 0 Å². The maximum absolute atomic E-state index is 4.61. The van der Waals surface area contributed by atoms with Crippen molar-refractivity contribution in [2.24, 2.45) is 0 Å². The van der Waals surface area contributed by atoms with Crippen LogP contribution in [0.15, 0.2) is 60.9 Å². The molecule has 0 unspecified atom stereocenters. The van der Waals surface area contributed by atoms with Gasteiger partial charge in [-0.15, -0.1) is 0 Å². The number of anilines is 1. The Morgan fingerprint density at radius 2 is 1.86 bits per heavy atom. The molecule has 0 atom stereocenters. The van der Waals surface area contributed by atoms with Crippen LogP contribution in [0.4, 0.5) is 5.82 Å². The fourth-order valence-corrected chi connectivity index (χ4v) is 2.41. The molecule has 0 bridgehead atoms. The molecule has 4 aromatic rings. The van der Waals surface area contributed by atoms with Crippen LogP contribution in [0.5, 0.6) is 0 Å². The van der Waals surface area contributed by atoms with Crippen molar-refractivity contribution >= 4 is 11.5 Å². The van der Waals surface area contributed by atoms with E-state index in [2.05, 4.69) is 20.5 Å². The molecule has 6 heteroatoms. The lowest BCUT2D eigenvalue weighted by Gasteiger charge is -2.05. The van der Waals surface area contributed by atoms with Crippen molar-refractivity contribution in [2.75, 3.05) is 12.4 Å². The molecule has 1 aromatic carbocycles. The first kappa shape index (κ1) is 12.6. The number of rotatable bonds is 3. The molecule has 0 spiro atoms. The van der Waals surface area contributed by atoms with Gasteiger partial charge in [0.05, 0.1) is 17.6 Å². The van der Waals surface area contributed by atoms with E-state index in [1.807, 2.05) is 66.5 Å². The molecule has 108 valence electrons. The van der Waals surface area contributed by atoms with Crippen molar-refractivity contribution in [3.05, 3.63) is 60.9 Å². The molecule has 0 radical (unpaired) electrons. The fraction of sp³-hybridized carbons (Fsp3) is 0.0625. The molecular formula is C16H14N6. The van der Waals surface area contributed by atoms with E-state index >= 15 is 0 Å². The minimum absolute atomic E-state index is 0.788. The summed E-state index contributed by atoms with van der Waals surface area (Å²) in [6.45, 7) is 0. The van der Waals surface area contributed by atoms with Crippen LogP contribution in [0.3, 0.4) is 0 Å². The lowest BCUT2D eigenvalue weighted by Crippen LogP contribution is -2.02. The number of hydrogen-bond donors (Lipinski definition) is 1. The molecule has 0 aliphatic rings. The molecule has 0 saturated heterocycles. The van der Waals surface area contributed by atoms with Gasteiger partial charge in [0, 0.05) is 25.4 Å². The minimum Gasteiger partial charge on any atom is -0.373 e. The van der Waals surface area contributed by atoms with Crippen LogP contribution in [-0.2, 0) is 0 Å². The zero-order valence-corrected chi connectivity index (χ0v) is 12.0. The summed E-state index contributed by atoms with van der Waals surface area (Å²) in [6.07, 6.45) is 3.67. The van der Waals surface area contributed by atoms with Gasteiger partial charge in [0.15, 0.2) is 5.65 Å². The molecule has 0 amide bonds. The summed E-state index contributed by atoms with van der Waals surface area (Å²) < 4.78 is 3.61. The van der Waals surface area contributed by atoms with E-state index in [-0.39, 0.29) is 0 Å². The van der Waals surface area contributed by atoms with Crippen LogP contribution in [0.1, 0.15) is 0 Å². The number of benzene rings is 1. The van der Waals surface area contributed by atoms with Crippen molar-refractivity contribution in [3.8, 4) is 17.1 Å². The molecule has 1 N–H and O–H groups in total. The van der Waals surface area contributed by atoms with Crippen LogP contribution in [0.2, 0.25) is 0 Å². The molecule has 4 rings (SSSR count). The predicted molar refractivity (Wildman–Crippen MR) is 85.1 cm³/mol. The third-order valence-electron chi connectivity index (χ3n) is 3.49. The first-order valence-corrected chi connectivity index (χ1v) is 6.99. The van der Waals surface area contributed by atoms with Gasteiger partial charge < -0.3 is 5.32 Å². The Morgan fingerprint density at radius 1 is 1.00 bits per heavy atom. The Morgan fingerprint density at radius 3 is 2.68 bits per heavy atom. The van der Waals surface area contributed by atoms with E-state index in [1.165, 1.54) is 0 Å². The van der Waals surface area contributed by atoms with Gasteiger partial charge in [0.1, 0.15) is 11.5 Å². The molecule has 3 aromatic heterocycles. The lowest BCUT2D eigenvalue weighted by molar-refractivity contribution is 0.880. The number of fused-ring (bicyclic) bond motifs is 1. The summed E-state index contributed by atoms with van der Waals surface area (Å²) in [6, 6.07) is 15.8. The molecule has 0 fully saturated rings. The van der Waals surface area contributed by atoms with E-state index < -0.39 is 0 Å². The summed E-state index contributed by atoms with van der Waals surface area (Å²) in [5, 5.41) is 12.0. The van der Waals surface area contributed by atoms with E-state index in [9.17, 15) is 0 Å². The van der Waals surface area contributed by atoms with Gasteiger partial charge in [-0.3, -0.25) is 0 Å². The fourth-order valence-electron chi connectivity index (χ4n) is 2.41. The third-order valence-corrected chi connectivity index (χ3v) is 3.49. The molecule has 6 nitrogen and oxygen atoms in total. The van der Waals surface area contributed by atoms with Crippen LogP contribution in [0, 0.1) is 0 Å². The molecule has 22 heavy (non-hydrogen) atoms. The summed E-state index contributed by atoms with van der Waals surface area (Å²) in [5.74, 6) is 0.874. The van der Waals surface area contributed by atoms with Crippen LogP contribution in [0.25, 0.3) is 22.7 Å². The number of hydrogen-bond acceptors (Lipinski definition) is 4. The number of para-hydroxylation sites is 1. The second kappa shape index (κ2) is 5.00. The van der Waals surface area contributed by atoms with Crippen LogP contribution >= 0.6 is 0 Å². The highest BCUT2D eigenvalue weighted by molar-refractivity contribution is 5.63. The Kier molecular flexibility index (Phi) is 2.86. The van der Waals surface area contributed by atoms with Crippen molar-refractivity contribution in [1.29, 1.82) is 0 Å². The largest absolute Gasteiger partial charge is 0.373 e. The SMILES string of the molecule is CNc1cc(-c2ccn(-c3ccccc3)n2)nc2ccnn12. The van der Waals surface area contributed by atoms with Gasteiger partial charge in [0.2, 0.25) is 0 Å². The molecule has 0 saturated carbocycles. The maximum Gasteiger partial charge on any atom is 0.158 e. The van der Waals surface area contributed by atoms with E-state index in [4.69, 9.17) is 0 Å². The third kappa shape index (κ3) is 2.01. The average Bonchev–Trinajstić information content (AvgIpc) is 3.23. The number of aromatic nitrogens is 5. The highest BCUT2D eigenvalue weighted by Crippen LogP contribution is 2.21. The Balaban J connectivity index is 1.81. The van der Waals surface area contributed by atoms with E-state index in [1.54, 1.807) is 10.7 Å². The first-order valence-electron chi connectivity index (χ1n) is 6.99. The Labute approximate surface area is 127 Å². The zero-order valence-electron chi connectivity index (χ0n) is 12.0. The Hall–Kier alpha value is -3.15. The first-order chi connectivity index (χ1) is 10.8. The van der Waals surface area contributed by atoms with E-state index in [0.29, 0.717) is 0 Å². The summed E-state index contributed by atoms with van der Waals surface area (Å²) in [4.78, 5) is 4.61. The summed E-state index contributed by atoms with van der Waals surface area (Å²) in [7, 11) is 1.86. The molecule has 0 aliphatic heterocycles. The molecule has 0 aliphatic carbocycles. The number of nitrogens with one attached hydrogen (secondary N) is 1. The minimum atomic E-state index is 0.788. The predicted octanol–water partition coefficient (Wildman–Crippen LogP) is 2.62. The van der Waals surface area contributed by atoms with Gasteiger partial charge in [-0.05, 0) is 18.2 Å². The van der Waals surface area contributed by atoms with Crippen molar-refractivity contribution in [3.63, 3.8) is 0 Å². The summed E-state index contributed by atoms with van der Waals surface area (Å²) in [5.41, 5.74) is 3.44. The van der Waals surface area contributed by atoms with Crippen LogP contribution < -0.4 is 5.32 Å². The maximum atomic E-state index is 4.61. The summed E-state index contributed by atoms with van der Waals surface area (Å²) >= 11 is 0. The highest BCUT2D eigenvalue weighted by atomic mass is 15.3. The van der Waals surface area contributed by atoms with Crippen LogP contribution in [-0.4, -0.2) is 31.4 Å².